The molecule has 2 aliphatic rings. The van der Waals surface area contributed by atoms with Crippen LogP contribution in [0.5, 0.6) is 0 Å². The topological polar surface area (TPSA) is 61.9 Å². The summed E-state index contributed by atoms with van der Waals surface area (Å²) in [6, 6.07) is 6.52. The van der Waals surface area contributed by atoms with Crippen LogP contribution in [0, 0.1) is 0 Å². The number of carbonyl (C=O) groups is 2. The van der Waals surface area contributed by atoms with Crippen LogP contribution in [-0.4, -0.2) is 67.6 Å². The van der Waals surface area contributed by atoms with Gasteiger partial charge in [0.05, 0.1) is 19.3 Å². The average Bonchev–Trinajstić information content (AvgIpc) is 3.12. The number of benzene rings is 1. The van der Waals surface area contributed by atoms with E-state index in [1.165, 1.54) is 0 Å². The van der Waals surface area contributed by atoms with Crippen LogP contribution >= 0.6 is 11.6 Å². The van der Waals surface area contributed by atoms with E-state index in [0.717, 1.165) is 24.9 Å². The third-order valence-corrected chi connectivity index (χ3v) is 5.17. The Morgan fingerprint density at radius 3 is 2.52 bits per heavy atom. The van der Waals surface area contributed by atoms with Crippen molar-refractivity contribution >= 4 is 23.4 Å². The molecule has 1 N–H and O–H groups in total. The monoisotopic (exact) mass is 365 g/mol. The number of morpholine rings is 1. The number of hydrogen-bond donors (Lipinski definition) is 1. The number of hydrogen-bond acceptors (Lipinski definition) is 4. The minimum absolute atomic E-state index is 0.101. The van der Waals surface area contributed by atoms with Crippen molar-refractivity contribution in [3.05, 3.63) is 34.9 Å². The van der Waals surface area contributed by atoms with Crippen LogP contribution in [0.15, 0.2) is 24.3 Å². The van der Waals surface area contributed by atoms with Crippen LogP contribution in [0.25, 0.3) is 0 Å². The van der Waals surface area contributed by atoms with Gasteiger partial charge in [-0.25, -0.2) is 0 Å². The standard InChI is InChI=1S/C18H24ClN3O3/c1-20-17(23)16(13-4-6-14(19)7-5-13)22-8-2-3-15(22)18(24)21-9-11-25-12-10-21/h4-7,15-16H,2-3,8-12H2,1H3,(H,20,23). The van der Waals surface area contributed by atoms with Gasteiger partial charge in [0.2, 0.25) is 11.8 Å². The highest BCUT2D eigenvalue weighted by Crippen LogP contribution is 2.31. The zero-order chi connectivity index (χ0) is 17.8. The van der Waals surface area contributed by atoms with Crippen LogP contribution in [0.4, 0.5) is 0 Å². The lowest BCUT2D eigenvalue weighted by atomic mass is 10.0. The molecule has 0 aliphatic carbocycles. The molecule has 7 heteroatoms. The van der Waals surface area contributed by atoms with E-state index >= 15 is 0 Å². The number of rotatable bonds is 4. The Bertz CT molecular complexity index is 616. The van der Waals surface area contributed by atoms with Crippen molar-refractivity contribution < 1.29 is 14.3 Å². The summed E-state index contributed by atoms with van der Waals surface area (Å²) in [4.78, 5) is 29.5. The first-order chi connectivity index (χ1) is 12.1. The van der Waals surface area contributed by atoms with Gasteiger partial charge in [-0.05, 0) is 30.5 Å². The van der Waals surface area contributed by atoms with E-state index in [1.807, 2.05) is 21.9 Å². The maximum atomic E-state index is 13.0. The largest absolute Gasteiger partial charge is 0.378 e. The summed E-state index contributed by atoms with van der Waals surface area (Å²) in [5, 5.41) is 3.36. The summed E-state index contributed by atoms with van der Waals surface area (Å²) in [6.07, 6.45) is 1.68. The Morgan fingerprint density at radius 2 is 1.88 bits per heavy atom. The van der Waals surface area contributed by atoms with E-state index < -0.39 is 6.04 Å². The number of amides is 2. The summed E-state index contributed by atoms with van der Waals surface area (Å²) in [7, 11) is 1.63. The summed E-state index contributed by atoms with van der Waals surface area (Å²) in [6.45, 7) is 3.12. The number of likely N-dealkylation sites (tertiary alicyclic amines) is 1. The molecular formula is C18H24ClN3O3. The Labute approximate surface area is 153 Å². The Morgan fingerprint density at radius 1 is 1.20 bits per heavy atom. The SMILES string of the molecule is CNC(=O)C(c1ccc(Cl)cc1)N1CCCC1C(=O)N1CCOCC1. The summed E-state index contributed by atoms with van der Waals surface area (Å²) in [5.41, 5.74) is 0.852. The highest BCUT2D eigenvalue weighted by Gasteiger charge is 2.40. The van der Waals surface area contributed by atoms with Crippen molar-refractivity contribution in [1.82, 2.24) is 15.1 Å². The fourth-order valence-electron chi connectivity index (χ4n) is 3.63. The van der Waals surface area contributed by atoms with Gasteiger partial charge >= 0.3 is 0 Å². The van der Waals surface area contributed by atoms with E-state index in [0.29, 0.717) is 31.3 Å². The second kappa shape index (κ2) is 8.17. The third-order valence-electron chi connectivity index (χ3n) is 4.91. The number of nitrogens with one attached hydrogen (secondary N) is 1. The van der Waals surface area contributed by atoms with Crippen molar-refractivity contribution in [3.63, 3.8) is 0 Å². The van der Waals surface area contributed by atoms with E-state index in [-0.39, 0.29) is 17.9 Å². The first-order valence-corrected chi connectivity index (χ1v) is 9.09. The summed E-state index contributed by atoms with van der Waals surface area (Å²) >= 11 is 5.98. The van der Waals surface area contributed by atoms with E-state index in [1.54, 1.807) is 19.2 Å². The van der Waals surface area contributed by atoms with E-state index in [9.17, 15) is 9.59 Å². The Balaban J connectivity index is 1.84. The number of nitrogens with zero attached hydrogens (tertiary/aromatic N) is 2. The third kappa shape index (κ3) is 3.97. The van der Waals surface area contributed by atoms with Gasteiger partial charge in [0.1, 0.15) is 6.04 Å². The minimum Gasteiger partial charge on any atom is -0.378 e. The maximum Gasteiger partial charge on any atom is 0.241 e. The van der Waals surface area contributed by atoms with Gasteiger partial charge in [-0.2, -0.15) is 0 Å². The Kier molecular flexibility index (Phi) is 5.93. The first-order valence-electron chi connectivity index (χ1n) is 8.71. The van der Waals surface area contributed by atoms with Crippen molar-refractivity contribution in [2.75, 3.05) is 39.9 Å². The molecule has 2 unspecified atom stereocenters. The van der Waals surface area contributed by atoms with Gasteiger partial charge in [0, 0.05) is 31.7 Å². The highest BCUT2D eigenvalue weighted by molar-refractivity contribution is 6.30. The van der Waals surface area contributed by atoms with Gasteiger partial charge in [-0.1, -0.05) is 23.7 Å². The molecule has 0 spiro atoms. The van der Waals surface area contributed by atoms with Crippen molar-refractivity contribution in [2.45, 2.75) is 24.9 Å². The summed E-state index contributed by atoms with van der Waals surface area (Å²) < 4.78 is 5.34. The fraction of sp³-hybridized carbons (Fsp3) is 0.556. The molecule has 2 saturated heterocycles. The molecule has 2 aliphatic heterocycles. The highest BCUT2D eigenvalue weighted by atomic mass is 35.5. The van der Waals surface area contributed by atoms with Crippen molar-refractivity contribution in [3.8, 4) is 0 Å². The predicted molar refractivity (Wildman–Crippen MR) is 95.4 cm³/mol. The normalized spacial score (nSPS) is 22.6. The zero-order valence-electron chi connectivity index (χ0n) is 14.4. The summed E-state index contributed by atoms with van der Waals surface area (Å²) in [5.74, 6) is -0.00679. The van der Waals surface area contributed by atoms with Crippen LogP contribution in [0.2, 0.25) is 5.02 Å². The molecule has 6 nitrogen and oxygen atoms in total. The molecule has 1 aromatic rings. The molecule has 2 heterocycles. The maximum absolute atomic E-state index is 13.0. The molecule has 25 heavy (non-hydrogen) atoms. The van der Waals surface area contributed by atoms with Crippen LogP contribution in [0.1, 0.15) is 24.4 Å². The van der Waals surface area contributed by atoms with Crippen LogP contribution < -0.4 is 5.32 Å². The molecular weight excluding hydrogens is 342 g/mol. The van der Waals surface area contributed by atoms with Gasteiger partial charge < -0.3 is 15.0 Å². The zero-order valence-corrected chi connectivity index (χ0v) is 15.2. The van der Waals surface area contributed by atoms with E-state index in [2.05, 4.69) is 5.32 Å². The van der Waals surface area contributed by atoms with Crippen LogP contribution in [-0.2, 0) is 14.3 Å². The van der Waals surface area contributed by atoms with Gasteiger partial charge in [0.15, 0.2) is 0 Å². The van der Waals surface area contributed by atoms with E-state index in [4.69, 9.17) is 16.3 Å². The van der Waals surface area contributed by atoms with Crippen molar-refractivity contribution in [1.29, 1.82) is 0 Å². The number of halogens is 1. The molecule has 3 rings (SSSR count). The van der Waals surface area contributed by atoms with Crippen molar-refractivity contribution in [2.24, 2.45) is 0 Å². The molecule has 0 aromatic heterocycles. The first kappa shape index (κ1) is 18.2. The fourth-order valence-corrected chi connectivity index (χ4v) is 3.76. The smallest absolute Gasteiger partial charge is 0.241 e. The average molecular weight is 366 g/mol. The number of likely N-dealkylation sites (N-methyl/N-ethyl adjacent to an activating group) is 1. The molecule has 1 aromatic carbocycles. The number of carbonyl (C=O) groups excluding carboxylic acids is 2. The molecule has 0 saturated carbocycles. The van der Waals surface area contributed by atoms with Gasteiger partial charge in [-0.3, -0.25) is 14.5 Å². The molecule has 2 atom stereocenters. The Hall–Kier alpha value is -1.63. The molecule has 2 fully saturated rings. The van der Waals surface area contributed by atoms with Gasteiger partial charge in [-0.15, -0.1) is 0 Å². The van der Waals surface area contributed by atoms with Crippen LogP contribution in [0.3, 0.4) is 0 Å². The second-order valence-corrected chi connectivity index (χ2v) is 6.84. The lowest BCUT2D eigenvalue weighted by molar-refractivity contribution is -0.142. The lowest BCUT2D eigenvalue weighted by Gasteiger charge is -2.35. The molecule has 136 valence electrons. The minimum atomic E-state index is -0.486. The second-order valence-electron chi connectivity index (χ2n) is 6.40. The quantitative estimate of drug-likeness (QED) is 0.877. The molecule has 0 bridgehead atoms. The van der Waals surface area contributed by atoms with Gasteiger partial charge in [0.25, 0.3) is 0 Å². The lowest BCUT2D eigenvalue weighted by Crippen LogP contribution is -2.52. The predicted octanol–water partition coefficient (Wildman–Crippen LogP) is 1.45. The molecule has 2 amide bonds. The number of ether oxygens (including phenoxy) is 1. The molecule has 0 radical (unpaired) electrons.